The van der Waals surface area contributed by atoms with Gasteiger partial charge < -0.3 is 5.32 Å². The average Bonchev–Trinajstić information content (AvgIpc) is 3.14. The van der Waals surface area contributed by atoms with E-state index in [1.165, 1.54) is 22.9 Å². The second-order valence-electron chi connectivity index (χ2n) is 6.55. The molecule has 3 rings (SSSR count). The van der Waals surface area contributed by atoms with E-state index in [2.05, 4.69) is 53.6 Å². The minimum atomic E-state index is -0.00844. The van der Waals surface area contributed by atoms with Gasteiger partial charge in [-0.2, -0.15) is 0 Å². The van der Waals surface area contributed by atoms with Crippen molar-refractivity contribution in [1.82, 2.24) is 20.1 Å². The van der Waals surface area contributed by atoms with Crippen molar-refractivity contribution in [2.45, 2.75) is 38.4 Å². The summed E-state index contributed by atoms with van der Waals surface area (Å²) >= 11 is 1.39. The van der Waals surface area contributed by atoms with Crippen LogP contribution < -0.4 is 5.32 Å². The van der Waals surface area contributed by atoms with Gasteiger partial charge in [0, 0.05) is 5.69 Å². The molecule has 0 spiro atoms. The van der Waals surface area contributed by atoms with Crippen LogP contribution in [0.3, 0.4) is 0 Å². The molecular formula is C21H24N4OS. The molecule has 0 saturated carbocycles. The third kappa shape index (κ3) is 4.98. The first-order valence-corrected chi connectivity index (χ1v) is 10.0. The number of hydrogen-bond acceptors (Lipinski definition) is 4. The van der Waals surface area contributed by atoms with Crippen molar-refractivity contribution in [1.29, 1.82) is 0 Å². The Balaban J connectivity index is 1.62. The summed E-state index contributed by atoms with van der Waals surface area (Å²) in [6.45, 7) is 6.18. The lowest BCUT2D eigenvalue weighted by Crippen LogP contribution is -2.29. The van der Waals surface area contributed by atoms with Crippen LogP contribution in [0.2, 0.25) is 0 Å². The van der Waals surface area contributed by atoms with Gasteiger partial charge in [0.1, 0.15) is 6.33 Å². The maximum absolute atomic E-state index is 12.5. The van der Waals surface area contributed by atoms with Crippen LogP contribution in [-0.2, 0) is 4.79 Å². The predicted molar refractivity (Wildman–Crippen MR) is 109 cm³/mol. The number of hydrogen-bond donors (Lipinski definition) is 1. The van der Waals surface area contributed by atoms with Crippen molar-refractivity contribution < 1.29 is 4.79 Å². The van der Waals surface area contributed by atoms with Gasteiger partial charge in [-0.15, -0.1) is 10.2 Å². The van der Waals surface area contributed by atoms with Gasteiger partial charge in [-0.3, -0.25) is 9.36 Å². The zero-order valence-electron chi connectivity index (χ0n) is 15.8. The van der Waals surface area contributed by atoms with Gasteiger partial charge in [-0.1, -0.05) is 66.2 Å². The van der Waals surface area contributed by atoms with E-state index in [0.717, 1.165) is 17.7 Å². The Bertz CT molecular complexity index is 887. The number of aryl methyl sites for hydroxylation is 2. The molecular weight excluding hydrogens is 356 g/mol. The second-order valence-corrected chi connectivity index (χ2v) is 7.49. The lowest BCUT2D eigenvalue weighted by atomic mass is 10.0. The van der Waals surface area contributed by atoms with Crippen LogP contribution in [0.25, 0.3) is 5.69 Å². The predicted octanol–water partition coefficient (Wildman–Crippen LogP) is 4.24. The lowest BCUT2D eigenvalue weighted by Gasteiger charge is -2.17. The molecule has 0 fully saturated rings. The molecule has 1 amide bonds. The first kappa shape index (κ1) is 19.2. The van der Waals surface area contributed by atoms with Crippen LogP contribution in [-0.4, -0.2) is 26.4 Å². The van der Waals surface area contributed by atoms with Crippen molar-refractivity contribution in [2.75, 3.05) is 5.75 Å². The molecule has 1 aromatic heterocycles. The number of carbonyl (C=O) groups excluding carboxylic acids is 1. The van der Waals surface area contributed by atoms with Crippen LogP contribution in [0.1, 0.15) is 36.1 Å². The summed E-state index contributed by atoms with van der Waals surface area (Å²) in [7, 11) is 0. The van der Waals surface area contributed by atoms with Crippen LogP contribution in [0.15, 0.2) is 60.0 Å². The van der Waals surface area contributed by atoms with Gasteiger partial charge in [0.15, 0.2) is 5.16 Å². The van der Waals surface area contributed by atoms with E-state index in [4.69, 9.17) is 0 Å². The standard InChI is InChI=1S/C21H24N4OS/c1-4-19(17-9-5-15(2)6-10-17)23-20(26)13-27-21-24-22-14-25(21)18-11-7-16(3)8-12-18/h5-12,14,19H,4,13H2,1-3H3,(H,23,26). The summed E-state index contributed by atoms with van der Waals surface area (Å²) in [6.07, 6.45) is 2.52. The molecule has 1 heterocycles. The number of rotatable bonds is 7. The van der Waals surface area contributed by atoms with E-state index in [-0.39, 0.29) is 11.9 Å². The number of aromatic nitrogens is 3. The second kappa shape index (κ2) is 8.86. The number of thioether (sulfide) groups is 1. The highest BCUT2D eigenvalue weighted by Crippen LogP contribution is 2.21. The molecule has 140 valence electrons. The summed E-state index contributed by atoms with van der Waals surface area (Å²) in [5.74, 6) is 0.290. The number of benzene rings is 2. The Kier molecular flexibility index (Phi) is 6.29. The Labute approximate surface area is 164 Å². The smallest absolute Gasteiger partial charge is 0.230 e. The molecule has 1 N–H and O–H groups in total. The monoisotopic (exact) mass is 380 g/mol. The highest BCUT2D eigenvalue weighted by atomic mass is 32.2. The molecule has 0 aliphatic heterocycles. The van der Waals surface area contributed by atoms with E-state index in [1.54, 1.807) is 6.33 Å². The average molecular weight is 381 g/mol. The number of amides is 1. The van der Waals surface area contributed by atoms with Crippen molar-refractivity contribution >= 4 is 17.7 Å². The summed E-state index contributed by atoms with van der Waals surface area (Å²) in [4.78, 5) is 12.5. The van der Waals surface area contributed by atoms with Crippen LogP contribution in [0.4, 0.5) is 0 Å². The van der Waals surface area contributed by atoms with Gasteiger partial charge in [0.25, 0.3) is 0 Å². The van der Waals surface area contributed by atoms with Crippen molar-refractivity contribution in [3.63, 3.8) is 0 Å². The fourth-order valence-corrected chi connectivity index (χ4v) is 3.53. The molecule has 5 nitrogen and oxygen atoms in total. The molecule has 2 aromatic carbocycles. The largest absolute Gasteiger partial charge is 0.349 e. The quantitative estimate of drug-likeness (QED) is 0.623. The topological polar surface area (TPSA) is 59.8 Å². The Morgan fingerprint density at radius 1 is 1.07 bits per heavy atom. The van der Waals surface area contributed by atoms with E-state index >= 15 is 0 Å². The van der Waals surface area contributed by atoms with Crippen LogP contribution in [0, 0.1) is 13.8 Å². The van der Waals surface area contributed by atoms with Crippen molar-refractivity contribution in [3.8, 4) is 5.69 Å². The van der Waals surface area contributed by atoms with E-state index < -0.39 is 0 Å². The summed E-state index contributed by atoms with van der Waals surface area (Å²) < 4.78 is 1.90. The molecule has 27 heavy (non-hydrogen) atoms. The van der Waals surface area contributed by atoms with Crippen LogP contribution >= 0.6 is 11.8 Å². The summed E-state index contributed by atoms with van der Waals surface area (Å²) in [5, 5.41) is 12.0. The summed E-state index contributed by atoms with van der Waals surface area (Å²) in [5.41, 5.74) is 4.52. The van der Waals surface area contributed by atoms with Gasteiger partial charge in [0.2, 0.25) is 5.91 Å². The van der Waals surface area contributed by atoms with Gasteiger partial charge in [-0.05, 0) is 38.0 Å². The zero-order chi connectivity index (χ0) is 19.2. The fraction of sp³-hybridized carbons (Fsp3) is 0.286. The zero-order valence-corrected chi connectivity index (χ0v) is 16.7. The maximum atomic E-state index is 12.5. The van der Waals surface area contributed by atoms with Crippen molar-refractivity contribution in [3.05, 3.63) is 71.5 Å². The lowest BCUT2D eigenvalue weighted by molar-refractivity contribution is -0.119. The Morgan fingerprint density at radius 2 is 1.70 bits per heavy atom. The molecule has 0 radical (unpaired) electrons. The summed E-state index contributed by atoms with van der Waals surface area (Å²) in [6, 6.07) is 16.4. The number of nitrogens with zero attached hydrogens (tertiary/aromatic N) is 3. The Morgan fingerprint density at radius 3 is 2.33 bits per heavy atom. The van der Waals surface area contributed by atoms with Gasteiger partial charge >= 0.3 is 0 Å². The van der Waals surface area contributed by atoms with E-state index in [9.17, 15) is 4.79 Å². The molecule has 0 bridgehead atoms. The Hall–Kier alpha value is -2.60. The van der Waals surface area contributed by atoms with Gasteiger partial charge in [0.05, 0.1) is 11.8 Å². The third-order valence-electron chi connectivity index (χ3n) is 4.38. The first-order valence-electron chi connectivity index (χ1n) is 9.02. The normalized spacial score (nSPS) is 12.0. The highest BCUT2D eigenvalue weighted by Gasteiger charge is 2.15. The molecule has 6 heteroatoms. The highest BCUT2D eigenvalue weighted by molar-refractivity contribution is 7.99. The first-order chi connectivity index (χ1) is 13.1. The molecule has 0 aliphatic rings. The molecule has 1 atom stereocenters. The number of carbonyl (C=O) groups is 1. The minimum absolute atomic E-state index is 0.00844. The molecule has 1 unspecified atom stereocenters. The fourth-order valence-electron chi connectivity index (χ4n) is 2.79. The van der Waals surface area contributed by atoms with E-state index in [1.807, 2.05) is 35.8 Å². The minimum Gasteiger partial charge on any atom is -0.349 e. The SMILES string of the molecule is CCC(NC(=O)CSc1nncn1-c1ccc(C)cc1)c1ccc(C)cc1. The van der Waals surface area contributed by atoms with E-state index in [0.29, 0.717) is 10.9 Å². The van der Waals surface area contributed by atoms with Crippen molar-refractivity contribution in [2.24, 2.45) is 0 Å². The third-order valence-corrected chi connectivity index (χ3v) is 5.33. The molecule has 3 aromatic rings. The molecule has 0 aliphatic carbocycles. The van der Waals surface area contributed by atoms with Crippen LogP contribution in [0.5, 0.6) is 0 Å². The number of nitrogens with one attached hydrogen (secondary N) is 1. The maximum Gasteiger partial charge on any atom is 0.230 e. The van der Waals surface area contributed by atoms with Gasteiger partial charge in [-0.25, -0.2) is 0 Å². The molecule has 0 saturated heterocycles.